The minimum absolute atomic E-state index is 0.0166. The van der Waals surface area contributed by atoms with Gasteiger partial charge in [-0.25, -0.2) is 14.2 Å². The Labute approximate surface area is 211 Å². The van der Waals surface area contributed by atoms with Crippen LogP contribution < -0.4 is 25.6 Å². The van der Waals surface area contributed by atoms with Crippen LogP contribution in [0.25, 0.3) is 11.2 Å². The number of hydrogen-bond acceptors (Lipinski definition) is 13. The number of fused-ring (bicyclic) bond motifs is 1. The zero-order valence-corrected chi connectivity index (χ0v) is 20.9. The highest BCUT2D eigenvalue weighted by Gasteiger charge is 2.55. The average molecular weight is 537 g/mol. The Balaban J connectivity index is 1.51. The number of nitrogens with zero attached hydrogens (tertiary/aromatic N) is 5. The molecule has 3 aromatic rings. The monoisotopic (exact) mass is 537 g/mol. The molecular formula is C21H25FN7O7P. The van der Waals surface area contributed by atoms with E-state index in [9.17, 15) is 14.8 Å². The van der Waals surface area contributed by atoms with Crippen LogP contribution in [0.3, 0.4) is 0 Å². The van der Waals surface area contributed by atoms with Crippen molar-refractivity contribution in [3.05, 3.63) is 30.6 Å². The van der Waals surface area contributed by atoms with Crippen molar-refractivity contribution in [3.63, 3.8) is 0 Å². The highest BCUT2D eigenvalue weighted by Crippen LogP contribution is 2.43. The number of methoxy groups -OCH3 is 1. The highest BCUT2D eigenvalue weighted by atomic mass is 31.1. The molecule has 2 aromatic heterocycles. The molecule has 1 aromatic carbocycles. The van der Waals surface area contributed by atoms with Crippen molar-refractivity contribution in [2.45, 2.75) is 44.0 Å². The number of nitrogen functional groups attached to an aromatic ring is 2. The lowest BCUT2D eigenvalue weighted by atomic mass is 9.98. The molecule has 1 fully saturated rings. The molecule has 14 nitrogen and oxygen atoms in total. The number of para-hydroxylation sites is 2. The molecule has 5 N–H and O–H groups in total. The quantitative estimate of drug-likeness (QED) is 0.270. The maximum atomic E-state index is 15.7. The molecule has 37 heavy (non-hydrogen) atoms. The van der Waals surface area contributed by atoms with Crippen LogP contribution in [-0.4, -0.2) is 68.2 Å². The number of ether oxygens (including phenoxy) is 3. The molecule has 3 heterocycles. The zero-order valence-electron chi connectivity index (χ0n) is 20.0. The molecule has 0 amide bonds. The molecule has 6 atom stereocenters. The van der Waals surface area contributed by atoms with E-state index in [1.54, 1.807) is 12.1 Å². The average Bonchev–Trinajstić information content (AvgIpc) is 3.36. The summed E-state index contributed by atoms with van der Waals surface area (Å²) in [6.45, 7) is 2.29. The summed E-state index contributed by atoms with van der Waals surface area (Å²) in [4.78, 5) is 35.8. The van der Waals surface area contributed by atoms with E-state index in [0.717, 1.165) is 0 Å². The number of benzene rings is 1. The summed E-state index contributed by atoms with van der Waals surface area (Å²) in [5, 5.41) is 10.7. The largest absolute Gasteiger partial charge is 0.575 e. The van der Waals surface area contributed by atoms with Gasteiger partial charge in [-0.3, -0.25) is 9.09 Å². The molecule has 16 heteroatoms. The minimum Gasteiger partial charge on any atom is -0.575 e. The van der Waals surface area contributed by atoms with Crippen LogP contribution in [-0.2, 0) is 14.3 Å². The van der Waals surface area contributed by atoms with E-state index in [0.29, 0.717) is 0 Å². The van der Waals surface area contributed by atoms with Gasteiger partial charge in [0.05, 0.1) is 13.4 Å². The van der Waals surface area contributed by atoms with Gasteiger partial charge in [-0.05, 0) is 26.0 Å². The topological polar surface area (TPSA) is 205 Å². The van der Waals surface area contributed by atoms with Crippen molar-refractivity contribution in [1.29, 1.82) is 0 Å². The standard InChI is InChI=1S/C21H25FN7O7P/c1-10(18(31)33-3)28-37(32)36-12-7-5-4-6-11(12)34-8-13-15(30)21(2,22)19(35-13)29-9-25-14-16(23)26-20(24)27-17(14)29/h4-7,9-10,13,15,19,30H,8H2,1-3H3,(H4,23,24,26,27)/t10-,13+,15+,19+,21+/m0/s1. The number of esters is 1. The Hall–Kier alpha value is -3.65. The predicted octanol–water partition coefficient (Wildman–Crippen LogP) is 0.852. The number of imidazole rings is 1. The molecule has 4 rings (SSSR count). The van der Waals surface area contributed by atoms with Crippen LogP contribution in [0, 0.1) is 0 Å². The summed E-state index contributed by atoms with van der Waals surface area (Å²) in [5.74, 6) is -0.598. The number of carbonyl (C=O) groups is 1. The van der Waals surface area contributed by atoms with Gasteiger partial charge in [0, 0.05) is 0 Å². The number of alkyl halides is 1. The third-order valence-electron chi connectivity index (χ3n) is 5.67. The summed E-state index contributed by atoms with van der Waals surface area (Å²) in [6, 6.07) is 5.22. The van der Waals surface area contributed by atoms with E-state index in [1.807, 2.05) is 0 Å². The van der Waals surface area contributed by atoms with Crippen molar-refractivity contribution in [1.82, 2.24) is 19.5 Å². The van der Waals surface area contributed by atoms with Crippen molar-refractivity contribution < 1.29 is 37.9 Å². The first kappa shape index (κ1) is 26.4. The first-order valence-corrected chi connectivity index (χ1v) is 12.1. The summed E-state index contributed by atoms with van der Waals surface area (Å²) in [7, 11) is -1.45. The number of aliphatic hydroxyl groups excluding tert-OH is 1. The molecular weight excluding hydrogens is 512 g/mol. The van der Waals surface area contributed by atoms with E-state index >= 15 is 4.39 Å². The summed E-state index contributed by atoms with van der Waals surface area (Å²) in [5.41, 5.74) is 9.56. The number of nitrogens with two attached hydrogens (primary N) is 2. The zero-order chi connectivity index (χ0) is 26.9. The maximum Gasteiger partial charge on any atom is 0.395 e. The Bertz CT molecular complexity index is 1340. The van der Waals surface area contributed by atoms with Gasteiger partial charge in [-0.15, -0.1) is 0 Å². The Kier molecular flexibility index (Phi) is 7.41. The molecule has 0 spiro atoms. The second-order valence-electron chi connectivity index (χ2n) is 8.32. The smallest absolute Gasteiger partial charge is 0.395 e. The van der Waals surface area contributed by atoms with E-state index in [-0.39, 0.29) is 41.0 Å². The van der Waals surface area contributed by atoms with Gasteiger partial charge in [0.15, 0.2) is 35.2 Å². The third-order valence-corrected chi connectivity index (χ3v) is 6.56. The second kappa shape index (κ2) is 10.4. The number of aliphatic hydroxyl groups is 1. The lowest BCUT2D eigenvalue weighted by molar-refractivity contribution is -0.169. The molecule has 198 valence electrons. The molecule has 1 aliphatic rings. The van der Waals surface area contributed by atoms with E-state index < -0.39 is 44.3 Å². The lowest BCUT2D eigenvalue weighted by Crippen LogP contribution is -2.41. The van der Waals surface area contributed by atoms with Gasteiger partial charge < -0.3 is 35.7 Å². The number of carbonyl (C=O) groups excluding carboxylic acids is 1. The fourth-order valence-electron chi connectivity index (χ4n) is 3.76. The predicted molar refractivity (Wildman–Crippen MR) is 127 cm³/mol. The van der Waals surface area contributed by atoms with Crippen LogP contribution in [0.5, 0.6) is 11.5 Å². The van der Waals surface area contributed by atoms with Gasteiger partial charge in [-0.2, -0.15) is 9.97 Å². The normalized spacial score (nSPS) is 24.7. The minimum atomic E-state index is -2.64. The maximum absolute atomic E-state index is 15.7. The molecule has 1 aliphatic heterocycles. The second-order valence-corrected chi connectivity index (χ2v) is 9.20. The SMILES string of the molecule is COC(=O)[C@H](C)N=[P+]([O-])Oc1ccccc1OC[C@H]1O[C@@H](n2cnc3c(N)nc(N)nc32)[C@](C)(F)[C@@H]1O. The van der Waals surface area contributed by atoms with Gasteiger partial charge in [0.1, 0.15) is 24.3 Å². The molecule has 0 bridgehead atoms. The highest BCUT2D eigenvalue weighted by molar-refractivity contribution is 7.34. The van der Waals surface area contributed by atoms with Gasteiger partial charge in [0.25, 0.3) is 0 Å². The number of rotatable bonds is 8. The third kappa shape index (κ3) is 5.25. The Morgan fingerprint density at radius 1 is 1.38 bits per heavy atom. The fraction of sp³-hybridized carbons (Fsp3) is 0.429. The van der Waals surface area contributed by atoms with E-state index in [1.165, 1.54) is 44.0 Å². The molecule has 1 saturated heterocycles. The number of aromatic nitrogens is 4. The number of halogens is 1. The van der Waals surface area contributed by atoms with Gasteiger partial charge in [0.2, 0.25) is 11.7 Å². The van der Waals surface area contributed by atoms with Gasteiger partial charge in [-0.1, -0.05) is 16.9 Å². The lowest BCUT2D eigenvalue weighted by Gasteiger charge is -2.24. The van der Waals surface area contributed by atoms with Crippen LogP contribution in [0.1, 0.15) is 20.1 Å². The summed E-state index contributed by atoms with van der Waals surface area (Å²) in [6.07, 6.45) is -2.80. The van der Waals surface area contributed by atoms with Crippen molar-refractivity contribution in [3.8, 4) is 11.5 Å². The summed E-state index contributed by atoms with van der Waals surface area (Å²) >= 11 is 0. The van der Waals surface area contributed by atoms with Crippen LogP contribution >= 0.6 is 8.17 Å². The first-order valence-electron chi connectivity index (χ1n) is 11.0. The van der Waals surface area contributed by atoms with Crippen LogP contribution in [0.4, 0.5) is 16.2 Å². The fourth-order valence-corrected chi connectivity index (χ4v) is 4.50. The Morgan fingerprint density at radius 2 is 2.08 bits per heavy atom. The Morgan fingerprint density at radius 3 is 2.78 bits per heavy atom. The number of anilines is 2. The van der Waals surface area contributed by atoms with Crippen molar-refractivity contribution in [2.75, 3.05) is 25.2 Å². The van der Waals surface area contributed by atoms with E-state index in [2.05, 4.69) is 24.4 Å². The van der Waals surface area contributed by atoms with Crippen molar-refractivity contribution in [2.24, 2.45) is 4.74 Å². The molecule has 0 aliphatic carbocycles. The van der Waals surface area contributed by atoms with E-state index in [4.69, 9.17) is 25.5 Å². The molecule has 0 saturated carbocycles. The van der Waals surface area contributed by atoms with Gasteiger partial charge >= 0.3 is 14.1 Å². The molecule has 1 unspecified atom stereocenters. The van der Waals surface area contributed by atoms with Crippen molar-refractivity contribution >= 4 is 37.1 Å². The molecule has 0 radical (unpaired) electrons. The van der Waals surface area contributed by atoms with Crippen LogP contribution in [0.15, 0.2) is 35.3 Å². The number of hydrogen-bond donors (Lipinski definition) is 3. The summed E-state index contributed by atoms with van der Waals surface area (Å²) < 4.78 is 42.1. The first-order chi connectivity index (χ1) is 17.5. The van der Waals surface area contributed by atoms with Crippen LogP contribution in [0.2, 0.25) is 0 Å².